The van der Waals surface area contributed by atoms with Gasteiger partial charge in [-0.3, -0.25) is 4.79 Å². The normalized spacial score (nSPS) is 14.2. The Kier molecular flexibility index (Phi) is 4.94. The largest absolute Gasteiger partial charge is 0.378 e. The third-order valence-electron chi connectivity index (χ3n) is 5.10. The van der Waals surface area contributed by atoms with E-state index in [1.807, 2.05) is 36.6 Å². The molecule has 3 aromatic heterocycles. The average Bonchev–Trinajstić information content (AvgIpc) is 3.21. The fourth-order valence-corrected chi connectivity index (χ4v) is 4.36. The zero-order chi connectivity index (χ0) is 20.5. The highest BCUT2D eigenvalue weighted by molar-refractivity contribution is 7.13. The summed E-state index contributed by atoms with van der Waals surface area (Å²) in [4.78, 5) is 26.9. The minimum absolute atomic E-state index is 0.172. The first-order valence-electron chi connectivity index (χ1n) is 9.82. The molecule has 1 aliphatic rings. The van der Waals surface area contributed by atoms with Gasteiger partial charge in [-0.15, -0.1) is 11.3 Å². The molecule has 4 aromatic rings. The predicted octanol–water partition coefficient (Wildman–Crippen LogP) is 3.94. The number of hydrogen-bond acceptors (Lipinski definition) is 7. The molecular weight excluding hydrogens is 398 g/mol. The number of nitrogens with zero attached hydrogens (tertiary/aromatic N) is 3. The van der Waals surface area contributed by atoms with Gasteiger partial charge in [0.1, 0.15) is 16.5 Å². The Morgan fingerprint density at radius 2 is 1.93 bits per heavy atom. The average molecular weight is 420 g/mol. The quantitative estimate of drug-likeness (QED) is 0.521. The molecule has 0 radical (unpaired) electrons. The molecule has 1 saturated heterocycles. The van der Waals surface area contributed by atoms with Gasteiger partial charge in [-0.25, -0.2) is 9.97 Å². The molecule has 152 valence electrons. The van der Waals surface area contributed by atoms with Crippen LogP contribution in [-0.2, 0) is 4.74 Å². The fourth-order valence-electron chi connectivity index (χ4n) is 3.60. The molecule has 0 amide bonds. The fraction of sp³-hybridized carbons (Fsp3) is 0.227. The number of morpholine rings is 1. The Morgan fingerprint density at radius 1 is 1.13 bits per heavy atom. The molecule has 0 atom stereocenters. The maximum Gasteiger partial charge on any atom is 0.259 e. The first-order chi connectivity index (χ1) is 14.7. The maximum atomic E-state index is 12.5. The lowest BCUT2D eigenvalue weighted by Crippen LogP contribution is -2.36. The van der Waals surface area contributed by atoms with E-state index < -0.39 is 0 Å². The highest BCUT2D eigenvalue weighted by atomic mass is 32.1. The second-order valence-corrected chi connectivity index (χ2v) is 8.05. The Morgan fingerprint density at radius 3 is 2.67 bits per heavy atom. The van der Waals surface area contributed by atoms with E-state index in [9.17, 15) is 4.79 Å². The number of H-pyrrole nitrogens is 1. The molecule has 7 nitrogen and oxygen atoms in total. The molecule has 0 aliphatic carbocycles. The third kappa shape index (κ3) is 3.67. The molecule has 4 heterocycles. The van der Waals surface area contributed by atoms with Crippen LogP contribution in [0.1, 0.15) is 5.69 Å². The van der Waals surface area contributed by atoms with Crippen molar-refractivity contribution in [1.29, 1.82) is 0 Å². The number of aromatic nitrogens is 3. The van der Waals surface area contributed by atoms with Crippen LogP contribution in [0.25, 0.3) is 21.5 Å². The summed E-state index contributed by atoms with van der Waals surface area (Å²) >= 11 is 1.55. The summed E-state index contributed by atoms with van der Waals surface area (Å²) < 4.78 is 5.43. The number of anilines is 3. The standard InChI is InChI=1S/C22H21N5O2S/c1-14-13-30-22(24-14)18-12-15-6-7-23-21(28)19(15)20(26-18)25-16-2-4-17(5-3-16)27-8-10-29-11-9-27/h2-7,12-13H,8-11H2,1H3,(H,23,28)(H,25,26). The number of aromatic amines is 1. The van der Waals surface area contributed by atoms with Crippen molar-refractivity contribution in [1.82, 2.24) is 15.0 Å². The summed E-state index contributed by atoms with van der Waals surface area (Å²) in [6.45, 7) is 5.25. The molecule has 0 spiro atoms. The van der Waals surface area contributed by atoms with E-state index in [4.69, 9.17) is 9.72 Å². The summed E-state index contributed by atoms with van der Waals surface area (Å²) in [7, 11) is 0. The third-order valence-corrected chi connectivity index (χ3v) is 6.08. The van der Waals surface area contributed by atoms with Crippen LogP contribution in [-0.4, -0.2) is 41.3 Å². The number of aryl methyl sites for hydroxylation is 1. The molecular formula is C22H21N5O2S. The van der Waals surface area contributed by atoms with Gasteiger partial charge in [-0.1, -0.05) is 0 Å². The van der Waals surface area contributed by atoms with Gasteiger partial charge in [0.05, 0.1) is 18.6 Å². The number of nitrogens with one attached hydrogen (secondary N) is 2. The lowest BCUT2D eigenvalue weighted by atomic mass is 10.1. The van der Waals surface area contributed by atoms with Crippen LogP contribution in [0, 0.1) is 6.92 Å². The van der Waals surface area contributed by atoms with Gasteiger partial charge in [0.2, 0.25) is 0 Å². The van der Waals surface area contributed by atoms with Crippen LogP contribution < -0.4 is 15.8 Å². The smallest absolute Gasteiger partial charge is 0.259 e. The SMILES string of the molecule is Cc1csc(-c2cc3cc[nH]c(=O)c3c(Nc3ccc(N4CCOCC4)cc3)n2)n1. The van der Waals surface area contributed by atoms with E-state index in [-0.39, 0.29) is 5.56 Å². The lowest BCUT2D eigenvalue weighted by molar-refractivity contribution is 0.122. The molecule has 2 N–H and O–H groups in total. The van der Waals surface area contributed by atoms with Crippen LogP contribution in [0.15, 0.2) is 52.8 Å². The zero-order valence-electron chi connectivity index (χ0n) is 16.5. The minimum atomic E-state index is -0.172. The zero-order valence-corrected chi connectivity index (χ0v) is 17.3. The van der Waals surface area contributed by atoms with E-state index in [0.29, 0.717) is 11.2 Å². The van der Waals surface area contributed by atoms with E-state index in [2.05, 4.69) is 32.3 Å². The molecule has 1 aliphatic heterocycles. The number of hydrogen-bond donors (Lipinski definition) is 2. The van der Waals surface area contributed by atoms with Gasteiger partial charge in [-0.2, -0.15) is 0 Å². The molecule has 0 bridgehead atoms. The van der Waals surface area contributed by atoms with E-state index >= 15 is 0 Å². The number of thiazole rings is 1. The van der Waals surface area contributed by atoms with Gasteiger partial charge in [0.15, 0.2) is 0 Å². The first kappa shape index (κ1) is 18.8. The van der Waals surface area contributed by atoms with Crippen LogP contribution in [0.4, 0.5) is 17.2 Å². The Balaban J connectivity index is 1.52. The van der Waals surface area contributed by atoms with Crippen LogP contribution >= 0.6 is 11.3 Å². The van der Waals surface area contributed by atoms with Crippen LogP contribution in [0.5, 0.6) is 0 Å². The predicted molar refractivity (Wildman–Crippen MR) is 121 cm³/mol. The molecule has 30 heavy (non-hydrogen) atoms. The monoisotopic (exact) mass is 419 g/mol. The van der Waals surface area contributed by atoms with Gasteiger partial charge < -0.3 is 19.9 Å². The summed E-state index contributed by atoms with van der Waals surface area (Å²) in [6.07, 6.45) is 1.66. The molecule has 0 unspecified atom stereocenters. The van der Waals surface area contributed by atoms with Gasteiger partial charge in [0, 0.05) is 41.7 Å². The molecule has 1 fully saturated rings. The molecule has 5 rings (SSSR count). The molecule has 1 aromatic carbocycles. The van der Waals surface area contributed by atoms with Crippen LogP contribution in [0.3, 0.4) is 0 Å². The minimum Gasteiger partial charge on any atom is -0.378 e. The van der Waals surface area contributed by atoms with Crippen molar-refractivity contribution < 1.29 is 4.74 Å². The topological polar surface area (TPSA) is 83.1 Å². The maximum absolute atomic E-state index is 12.5. The van der Waals surface area contributed by atoms with Crippen molar-refractivity contribution >= 4 is 39.3 Å². The Labute approximate surface area is 177 Å². The number of fused-ring (bicyclic) bond motifs is 1. The summed E-state index contributed by atoms with van der Waals surface area (Å²) in [5, 5.41) is 7.52. The van der Waals surface area contributed by atoms with Crippen molar-refractivity contribution in [2.75, 3.05) is 36.5 Å². The molecule has 8 heteroatoms. The van der Waals surface area contributed by atoms with E-state index in [1.54, 1.807) is 17.5 Å². The van der Waals surface area contributed by atoms with E-state index in [1.165, 1.54) is 0 Å². The van der Waals surface area contributed by atoms with Crippen LogP contribution in [0.2, 0.25) is 0 Å². The summed E-state index contributed by atoms with van der Waals surface area (Å²) in [5.41, 5.74) is 3.56. The number of pyridine rings is 2. The van der Waals surface area contributed by atoms with E-state index in [0.717, 1.165) is 59.5 Å². The number of rotatable bonds is 4. The van der Waals surface area contributed by atoms with Crippen molar-refractivity contribution in [2.24, 2.45) is 0 Å². The van der Waals surface area contributed by atoms with Gasteiger partial charge in [-0.05, 0) is 48.7 Å². The Bertz CT molecular complexity index is 1240. The van der Waals surface area contributed by atoms with Crippen molar-refractivity contribution in [2.45, 2.75) is 6.92 Å². The van der Waals surface area contributed by atoms with Crippen molar-refractivity contribution in [3.05, 3.63) is 64.0 Å². The summed E-state index contributed by atoms with van der Waals surface area (Å²) in [6, 6.07) is 12.0. The first-order valence-corrected chi connectivity index (χ1v) is 10.7. The van der Waals surface area contributed by atoms with Gasteiger partial charge >= 0.3 is 0 Å². The number of ether oxygens (including phenoxy) is 1. The lowest BCUT2D eigenvalue weighted by Gasteiger charge is -2.28. The van der Waals surface area contributed by atoms with Crippen molar-refractivity contribution in [3.63, 3.8) is 0 Å². The number of benzene rings is 1. The second-order valence-electron chi connectivity index (χ2n) is 7.19. The summed E-state index contributed by atoms with van der Waals surface area (Å²) in [5.74, 6) is 0.524. The highest BCUT2D eigenvalue weighted by Crippen LogP contribution is 2.30. The molecule has 0 saturated carbocycles. The Hall–Kier alpha value is -3.23. The highest BCUT2D eigenvalue weighted by Gasteiger charge is 2.14. The van der Waals surface area contributed by atoms with Gasteiger partial charge in [0.25, 0.3) is 5.56 Å². The second kappa shape index (κ2) is 7.89. The van der Waals surface area contributed by atoms with Crippen molar-refractivity contribution in [3.8, 4) is 10.7 Å².